The van der Waals surface area contributed by atoms with Crippen LogP contribution in [0.15, 0.2) is 95.2 Å². The number of aryl methyl sites for hydroxylation is 2. The van der Waals surface area contributed by atoms with Gasteiger partial charge in [0.2, 0.25) is 0 Å². The standard InChI is InChI=1S/C23H21N5/c1-17-13-15-19(16-14-17)24-23-22(26-25-20-9-5-3-6-10-20)18(2)27-28(23)21-11-7-4-8-12-21/h3-16,24H,1-2H3. The van der Waals surface area contributed by atoms with Crippen LogP contribution in [0.5, 0.6) is 0 Å². The summed E-state index contributed by atoms with van der Waals surface area (Å²) in [5, 5.41) is 17.1. The normalized spacial score (nSPS) is 11.1. The first-order valence-electron chi connectivity index (χ1n) is 9.16. The Bertz CT molecular complexity index is 1080. The third kappa shape index (κ3) is 3.83. The third-order valence-corrected chi connectivity index (χ3v) is 4.37. The summed E-state index contributed by atoms with van der Waals surface area (Å²) in [7, 11) is 0. The van der Waals surface area contributed by atoms with Crippen LogP contribution in [0.3, 0.4) is 0 Å². The molecule has 0 aliphatic heterocycles. The second-order valence-electron chi connectivity index (χ2n) is 6.56. The summed E-state index contributed by atoms with van der Waals surface area (Å²) >= 11 is 0. The van der Waals surface area contributed by atoms with Gasteiger partial charge in [-0.05, 0) is 50.2 Å². The maximum absolute atomic E-state index is 4.71. The van der Waals surface area contributed by atoms with E-state index in [1.807, 2.05) is 84.4 Å². The molecule has 28 heavy (non-hydrogen) atoms. The number of hydrogen-bond donors (Lipinski definition) is 1. The van der Waals surface area contributed by atoms with Crippen LogP contribution in [0.2, 0.25) is 0 Å². The first kappa shape index (κ1) is 17.7. The third-order valence-electron chi connectivity index (χ3n) is 4.37. The maximum atomic E-state index is 4.71. The highest BCUT2D eigenvalue weighted by Crippen LogP contribution is 2.35. The number of azo groups is 1. The van der Waals surface area contributed by atoms with Crippen molar-refractivity contribution >= 4 is 22.9 Å². The molecule has 0 aliphatic rings. The molecule has 0 saturated heterocycles. The summed E-state index contributed by atoms with van der Waals surface area (Å²) in [5.74, 6) is 0.784. The molecule has 0 spiro atoms. The first-order valence-corrected chi connectivity index (χ1v) is 9.16. The van der Waals surface area contributed by atoms with E-state index in [2.05, 4.69) is 34.6 Å². The molecule has 0 saturated carbocycles. The largest absolute Gasteiger partial charge is 0.338 e. The van der Waals surface area contributed by atoms with Crippen molar-refractivity contribution < 1.29 is 0 Å². The topological polar surface area (TPSA) is 54.6 Å². The number of hydrogen-bond acceptors (Lipinski definition) is 4. The Morgan fingerprint density at radius 1 is 0.750 bits per heavy atom. The van der Waals surface area contributed by atoms with Gasteiger partial charge in [0.15, 0.2) is 11.5 Å². The van der Waals surface area contributed by atoms with Crippen molar-refractivity contribution in [1.82, 2.24) is 9.78 Å². The number of rotatable bonds is 5. The van der Waals surface area contributed by atoms with Crippen LogP contribution in [0, 0.1) is 13.8 Å². The first-order chi connectivity index (χ1) is 13.7. The molecule has 1 N–H and O–H groups in total. The van der Waals surface area contributed by atoms with Crippen LogP contribution >= 0.6 is 0 Å². The van der Waals surface area contributed by atoms with Crippen molar-refractivity contribution in [2.75, 3.05) is 5.32 Å². The molecular formula is C23H21N5. The van der Waals surface area contributed by atoms with Gasteiger partial charge in [-0.15, -0.1) is 5.11 Å². The fourth-order valence-corrected chi connectivity index (χ4v) is 2.88. The Kier molecular flexibility index (Phi) is 4.97. The van der Waals surface area contributed by atoms with E-state index < -0.39 is 0 Å². The highest BCUT2D eigenvalue weighted by Gasteiger charge is 2.17. The van der Waals surface area contributed by atoms with E-state index in [-0.39, 0.29) is 0 Å². The van der Waals surface area contributed by atoms with Crippen LogP contribution in [0.4, 0.5) is 22.9 Å². The van der Waals surface area contributed by atoms with Gasteiger partial charge in [0.1, 0.15) is 0 Å². The average Bonchev–Trinajstić information content (AvgIpc) is 3.05. The lowest BCUT2D eigenvalue weighted by atomic mass is 10.2. The minimum absolute atomic E-state index is 0.716. The molecular weight excluding hydrogens is 346 g/mol. The van der Waals surface area contributed by atoms with Crippen LogP contribution in [0.25, 0.3) is 5.69 Å². The molecule has 0 fully saturated rings. The Hall–Kier alpha value is -3.73. The smallest absolute Gasteiger partial charge is 0.162 e. The quantitative estimate of drug-likeness (QED) is 0.402. The lowest BCUT2D eigenvalue weighted by Gasteiger charge is -2.11. The summed E-state index contributed by atoms with van der Waals surface area (Å²) in [6, 6.07) is 28.0. The maximum Gasteiger partial charge on any atom is 0.162 e. The van der Waals surface area contributed by atoms with Crippen LogP contribution in [-0.2, 0) is 0 Å². The van der Waals surface area contributed by atoms with E-state index in [1.54, 1.807) is 0 Å². The van der Waals surface area contributed by atoms with Crippen molar-refractivity contribution in [2.24, 2.45) is 10.2 Å². The van der Waals surface area contributed by atoms with Gasteiger partial charge >= 0.3 is 0 Å². The Labute approximate surface area is 164 Å². The van der Waals surface area contributed by atoms with Crippen LogP contribution in [-0.4, -0.2) is 9.78 Å². The van der Waals surface area contributed by atoms with Gasteiger partial charge in [-0.3, -0.25) is 0 Å². The molecule has 138 valence electrons. The van der Waals surface area contributed by atoms with Gasteiger partial charge in [0.05, 0.1) is 17.1 Å². The zero-order chi connectivity index (χ0) is 19.3. The highest BCUT2D eigenvalue weighted by atomic mass is 15.4. The molecule has 1 heterocycles. The zero-order valence-corrected chi connectivity index (χ0v) is 15.9. The lowest BCUT2D eigenvalue weighted by Crippen LogP contribution is -2.02. The van der Waals surface area contributed by atoms with Crippen molar-refractivity contribution in [2.45, 2.75) is 13.8 Å². The summed E-state index contributed by atoms with van der Waals surface area (Å²) in [5.41, 5.74) is 5.46. The molecule has 0 atom stereocenters. The molecule has 5 heteroatoms. The van der Waals surface area contributed by atoms with E-state index in [0.717, 1.165) is 28.6 Å². The fraction of sp³-hybridized carbons (Fsp3) is 0.0870. The van der Waals surface area contributed by atoms with Crippen molar-refractivity contribution in [3.63, 3.8) is 0 Å². The van der Waals surface area contributed by atoms with Crippen molar-refractivity contribution in [1.29, 1.82) is 0 Å². The Morgan fingerprint density at radius 3 is 2.07 bits per heavy atom. The van der Waals surface area contributed by atoms with Crippen LogP contribution in [0.1, 0.15) is 11.3 Å². The summed E-state index contributed by atoms with van der Waals surface area (Å²) in [4.78, 5) is 0. The molecule has 0 amide bonds. The zero-order valence-electron chi connectivity index (χ0n) is 15.9. The molecule has 4 aromatic rings. The van der Waals surface area contributed by atoms with E-state index >= 15 is 0 Å². The Balaban J connectivity index is 1.79. The SMILES string of the molecule is Cc1ccc(Nc2c(N=Nc3ccccc3)c(C)nn2-c2ccccc2)cc1. The number of nitrogens with one attached hydrogen (secondary N) is 1. The van der Waals surface area contributed by atoms with E-state index in [1.165, 1.54) is 5.56 Å². The second-order valence-corrected chi connectivity index (χ2v) is 6.56. The molecule has 4 rings (SSSR count). The minimum atomic E-state index is 0.716. The predicted molar refractivity (Wildman–Crippen MR) is 113 cm³/mol. The van der Waals surface area contributed by atoms with Gasteiger partial charge < -0.3 is 5.32 Å². The second kappa shape index (κ2) is 7.88. The molecule has 0 radical (unpaired) electrons. The van der Waals surface area contributed by atoms with Gasteiger partial charge in [0.25, 0.3) is 0 Å². The van der Waals surface area contributed by atoms with Crippen molar-refractivity contribution in [3.05, 3.63) is 96.2 Å². The monoisotopic (exact) mass is 367 g/mol. The Morgan fingerprint density at radius 2 is 1.39 bits per heavy atom. The van der Waals surface area contributed by atoms with E-state index in [4.69, 9.17) is 5.10 Å². The van der Waals surface area contributed by atoms with Crippen molar-refractivity contribution in [3.8, 4) is 5.69 Å². The van der Waals surface area contributed by atoms with Crippen LogP contribution < -0.4 is 5.32 Å². The number of aromatic nitrogens is 2. The summed E-state index contributed by atoms with van der Waals surface area (Å²) < 4.78 is 1.87. The van der Waals surface area contributed by atoms with E-state index in [0.29, 0.717) is 5.69 Å². The fourth-order valence-electron chi connectivity index (χ4n) is 2.88. The number of nitrogens with zero attached hydrogens (tertiary/aromatic N) is 4. The summed E-state index contributed by atoms with van der Waals surface area (Å²) in [6.45, 7) is 4.01. The lowest BCUT2D eigenvalue weighted by molar-refractivity contribution is 0.869. The summed E-state index contributed by atoms with van der Waals surface area (Å²) in [6.07, 6.45) is 0. The predicted octanol–water partition coefficient (Wildman–Crippen LogP) is 6.65. The number of anilines is 2. The molecule has 0 unspecified atom stereocenters. The number of para-hydroxylation sites is 1. The van der Waals surface area contributed by atoms with E-state index in [9.17, 15) is 0 Å². The molecule has 0 bridgehead atoms. The highest BCUT2D eigenvalue weighted by molar-refractivity contribution is 5.72. The minimum Gasteiger partial charge on any atom is -0.338 e. The van der Waals surface area contributed by atoms with Gasteiger partial charge in [0, 0.05) is 5.69 Å². The average molecular weight is 367 g/mol. The number of benzene rings is 3. The molecule has 0 aliphatic carbocycles. The van der Waals surface area contributed by atoms with Gasteiger partial charge in [-0.25, -0.2) is 4.68 Å². The van der Waals surface area contributed by atoms with Gasteiger partial charge in [-0.2, -0.15) is 10.2 Å². The molecule has 3 aromatic carbocycles. The molecule has 1 aromatic heterocycles. The van der Waals surface area contributed by atoms with Gasteiger partial charge in [-0.1, -0.05) is 54.1 Å². The molecule has 5 nitrogen and oxygen atoms in total.